The summed E-state index contributed by atoms with van der Waals surface area (Å²) < 4.78 is 5.38. The van der Waals surface area contributed by atoms with Crippen molar-refractivity contribution >= 4 is 6.03 Å². The van der Waals surface area contributed by atoms with Crippen molar-refractivity contribution in [2.45, 2.75) is 54.1 Å². The minimum Gasteiger partial charge on any atom is -0.379 e. The number of allylic oxidation sites excluding steroid dienone is 1. The second-order valence-corrected chi connectivity index (χ2v) is 5.75. The molecule has 2 N–H and O–H groups in total. The van der Waals surface area contributed by atoms with Crippen LogP contribution < -0.4 is 10.6 Å². The smallest absolute Gasteiger partial charge is 0.318 e. The summed E-state index contributed by atoms with van der Waals surface area (Å²) in [5.41, 5.74) is 1.22. The third-order valence-corrected chi connectivity index (χ3v) is 2.66. The minimum absolute atomic E-state index is 0.0817. The molecule has 0 saturated carbocycles. The molecule has 0 spiro atoms. The Kier molecular flexibility index (Phi) is 7.67. The first-order valence-electron chi connectivity index (χ1n) is 6.56. The van der Waals surface area contributed by atoms with Crippen LogP contribution in [0.4, 0.5) is 4.79 Å². The Balaban J connectivity index is 3.73. The molecular weight excluding hydrogens is 228 g/mol. The Labute approximate surface area is 111 Å². The van der Waals surface area contributed by atoms with Crippen LogP contribution in [0.25, 0.3) is 0 Å². The molecule has 0 saturated heterocycles. The standard InChI is InChI=1S/C14H28N2O2/c1-11(2)18-9-7-8-15-13(17)16-10-12(3)14(4,5)6/h10-11H,7-9H2,1-6H3,(H2,15,16,17)/b12-10+. The lowest BCUT2D eigenvalue weighted by molar-refractivity contribution is 0.0774. The number of carbonyl (C=O) groups excluding carboxylic acids is 1. The van der Waals surface area contributed by atoms with Crippen LogP contribution in [0.15, 0.2) is 11.8 Å². The zero-order valence-corrected chi connectivity index (χ0v) is 12.6. The van der Waals surface area contributed by atoms with E-state index in [0.29, 0.717) is 13.2 Å². The normalized spacial score (nSPS) is 12.7. The van der Waals surface area contributed by atoms with E-state index in [0.717, 1.165) is 12.0 Å². The Morgan fingerprint density at radius 2 is 1.94 bits per heavy atom. The lowest BCUT2D eigenvalue weighted by atomic mass is 9.88. The van der Waals surface area contributed by atoms with Crippen LogP contribution in [0.2, 0.25) is 0 Å². The van der Waals surface area contributed by atoms with E-state index in [1.165, 1.54) is 0 Å². The molecule has 4 nitrogen and oxygen atoms in total. The number of hydrogen-bond donors (Lipinski definition) is 2. The maximum Gasteiger partial charge on any atom is 0.318 e. The number of nitrogens with one attached hydrogen (secondary N) is 2. The van der Waals surface area contributed by atoms with Gasteiger partial charge in [0.15, 0.2) is 0 Å². The van der Waals surface area contributed by atoms with Gasteiger partial charge < -0.3 is 15.4 Å². The minimum atomic E-state index is -0.164. The topological polar surface area (TPSA) is 50.4 Å². The summed E-state index contributed by atoms with van der Waals surface area (Å²) in [4.78, 5) is 11.5. The zero-order valence-electron chi connectivity index (χ0n) is 12.6. The number of rotatable bonds is 6. The quantitative estimate of drug-likeness (QED) is 0.718. The van der Waals surface area contributed by atoms with E-state index >= 15 is 0 Å². The molecule has 0 aliphatic heterocycles. The predicted molar refractivity (Wildman–Crippen MR) is 75.5 cm³/mol. The van der Waals surface area contributed by atoms with Crippen LogP contribution in [-0.4, -0.2) is 25.3 Å². The fourth-order valence-electron chi connectivity index (χ4n) is 1.03. The first-order valence-corrected chi connectivity index (χ1v) is 6.56. The van der Waals surface area contributed by atoms with Crippen LogP contribution in [-0.2, 0) is 4.74 Å². The first-order chi connectivity index (χ1) is 8.23. The third kappa shape index (κ3) is 9.05. The van der Waals surface area contributed by atoms with Crippen molar-refractivity contribution in [2.75, 3.05) is 13.2 Å². The zero-order chi connectivity index (χ0) is 14.2. The van der Waals surface area contributed by atoms with E-state index < -0.39 is 0 Å². The highest BCUT2D eigenvalue weighted by Crippen LogP contribution is 2.23. The summed E-state index contributed by atoms with van der Waals surface area (Å²) in [5.74, 6) is 0. The average Bonchev–Trinajstić information content (AvgIpc) is 2.23. The van der Waals surface area contributed by atoms with Gasteiger partial charge in [0.2, 0.25) is 0 Å². The van der Waals surface area contributed by atoms with E-state index in [-0.39, 0.29) is 17.6 Å². The van der Waals surface area contributed by atoms with Crippen molar-refractivity contribution in [2.24, 2.45) is 5.41 Å². The number of hydrogen-bond acceptors (Lipinski definition) is 2. The molecule has 0 bridgehead atoms. The van der Waals surface area contributed by atoms with Gasteiger partial charge in [0, 0.05) is 19.4 Å². The van der Waals surface area contributed by atoms with E-state index in [1.807, 2.05) is 20.8 Å². The third-order valence-electron chi connectivity index (χ3n) is 2.66. The van der Waals surface area contributed by atoms with E-state index in [9.17, 15) is 4.79 Å². The summed E-state index contributed by atoms with van der Waals surface area (Å²) >= 11 is 0. The van der Waals surface area contributed by atoms with Crippen LogP contribution >= 0.6 is 0 Å². The molecule has 18 heavy (non-hydrogen) atoms. The van der Waals surface area contributed by atoms with Crippen LogP contribution in [0.3, 0.4) is 0 Å². The summed E-state index contributed by atoms with van der Waals surface area (Å²) in [6.07, 6.45) is 2.84. The Morgan fingerprint density at radius 3 is 2.44 bits per heavy atom. The molecule has 0 aromatic heterocycles. The predicted octanol–water partition coefficient (Wildman–Crippen LogP) is 3.05. The monoisotopic (exact) mass is 256 g/mol. The van der Waals surface area contributed by atoms with Crippen molar-refractivity contribution < 1.29 is 9.53 Å². The lowest BCUT2D eigenvalue weighted by Gasteiger charge is -2.19. The highest BCUT2D eigenvalue weighted by Gasteiger charge is 2.12. The first kappa shape index (κ1) is 17.0. The molecular formula is C14H28N2O2. The average molecular weight is 256 g/mol. The lowest BCUT2D eigenvalue weighted by Crippen LogP contribution is -2.34. The van der Waals surface area contributed by atoms with Gasteiger partial charge in [0.05, 0.1) is 6.10 Å². The Morgan fingerprint density at radius 1 is 1.33 bits per heavy atom. The Bertz CT molecular complexity index is 278. The summed E-state index contributed by atoms with van der Waals surface area (Å²) in [7, 11) is 0. The molecule has 0 unspecified atom stereocenters. The maximum absolute atomic E-state index is 11.5. The number of carbonyl (C=O) groups is 1. The largest absolute Gasteiger partial charge is 0.379 e. The molecule has 0 aliphatic carbocycles. The highest BCUT2D eigenvalue weighted by atomic mass is 16.5. The van der Waals surface area contributed by atoms with Gasteiger partial charge in [-0.1, -0.05) is 26.3 Å². The van der Waals surface area contributed by atoms with Gasteiger partial charge in [-0.25, -0.2) is 4.79 Å². The summed E-state index contributed by atoms with van der Waals surface area (Å²) in [6.45, 7) is 13.7. The van der Waals surface area contributed by atoms with E-state index in [1.54, 1.807) is 6.20 Å². The molecule has 0 aromatic rings. The number of urea groups is 1. The van der Waals surface area contributed by atoms with Gasteiger partial charge >= 0.3 is 6.03 Å². The fourth-order valence-corrected chi connectivity index (χ4v) is 1.03. The molecule has 0 heterocycles. The second-order valence-electron chi connectivity index (χ2n) is 5.75. The molecule has 0 rings (SSSR count). The van der Waals surface area contributed by atoms with Crippen LogP contribution in [0.1, 0.15) is 48.0 Å². The van der Waals surface area contributed by atoms with E-state index in [4.69, 9.17) is 4.74 Å². The van der Waals surface area contributed by atoms with Gasteiger partial charge in [-0.15, -0.1) is 0 Å². The van der Waals surface area contributed by atoms with Crippen LogP contribution in [0, 0.1) is 5.41 Å². The Hall–Kier alpha value is -1.03. The molecule has 106 valence electrons. The SMILES string of the molecule is C/C(=C\NC(=O)NCCCOC(C)C)C(C)(C)C. The maximum atomic E-state index is 11.5. The molecule has 0 aliphatic rings. The molecule has 0 atom stereocenters. The van der Waals surface area contributed by atoms with Gasteiger partial charge in [-0.3, -0.25) is 0 Å². The van der Waals surface area contributed by atoms with Crippen molar-refractivity contribution in [3.63, 3.8) is 0 Å². The van der Waals surface area contributed by atoms with Gasteiger partial charge in [-0.05, 0) is 32.6 Å². The molecule has 0 aromatic carbocycles. The van der Waals surface area contributed by atoms with E-state index in [2.05, 4.69) is 31.4 Å². The van der Waals surface area contributed by atoms with Crippen molar-refractivity contribution in [1.82, 2.24) is 10.6 Å². The van der Waals surface area contributed by atoms with Gasteiger partial charge in [0.1, 0.15) is 0 Å². The number of amides is 2. The summed E-state index contributed by atoms with van der Waals surface area (Å²) in [6, 6.07) is -0.164. The highest BCUT2D eigenvalue weighted by molar-refractivity contribution is 5.74. The second kappa shape index (κ2) is 8.14. The van der Waals surface area contributed by atoms with Crippen molar-refractivity contribution in [3.05, 3.63) is 11.8 Å². The molecule has 0 fully saturated rings. The number of ether oxygens (including phenoxy) is 1. The molecule has 4 heteroatoms. The van der Waals surface area contributed by atoms with Crippen LogP contribution in [0.5, 0.6) is 0 Å². The fraction of sp³-hybridized carbons (Fsp3) is 0.786. The van der Waals surface area contributed by atoms with Gasteiger partial charge in [0.25, 0.3) is 0 Å². The van der Waals surface area contributed by atoms with Gasteiger partial charge in [-0.2, -0.15) is 0 Å². The molecule has 0 radical (unpaired) electrons. The van der Waals surface area contributed by atoms with Crippen molar-refractivity contribution in [3.8, 4) is 0 Å². The van der Waals surface area contributed by atoms with Crippen molar-refractivity contribution in [1.29, 1.82) is 0 Å². The summed E-state index contributed by atoms with van der Waals surface area (Å²) in [5, 5.41) is 5.52. The molecule has 2 amide bonds.